The minimum Gasteiger partial charge on any atom is -0.324 e. The number of halogens is 2. The molecule has 0 spiro atoms. The molecule has 144 valence electrons. The maximum absolute atomic E-state index is 13.2. The lowest BCUT2D eigenvalue weighted by Crippen LogP contribution is -2.07. The summed E-state index contributed by atoms with van der Waals surface area (Å²) in [5.74, 6) is 0.474. The molecular formula is C21H16F2N6. The molecule has 4 aromatic heterocycles. The number of fused-ring (bicyclic) bond motifs is 1. The zero-order chi connectivity index (χ0) is 20.0. The molecule has 4 aromatic rings. The first-order chi connectivity index (χ1) is 14.1. The van der Waals surface area contributed by atoms with Gasteiger partial charge in [-0.1, -0.05) is 6.07 Å². The highest BCUT2D eigenvalue weighted by Gasteiger charge is 2.26. The fraction of sp³-hybridized carbons (Fsp3) is 0.238. The molecule has 1 aliphatic rings. The van der Waals surface area contributed by atoms with Gasteiger partial charge >= 0.3 is 0 Å². The first-order valence-electron chi connectivity index (χ1n) is 9.32. The van der Waals surface area contributed by atoms with Crippen LogP contribution in [0, 0.1) is 11.3 Å². The number of aromatic nitrogens is 5. The van der Waals surface area contributed by atoms with E-state index in [0.717, 1.165) is 18.5 Å². The molecule has 0 radical (unpaired) electrons. The van der Waals surface area contributed by atoms with E-state index in [-0.39, 0.29) is 0 Å². The van der Waals surface area contributed by atoms with E-state index in [0.29, 0.717) is 39.9 Å². The average molecular weight is 390 g/mol. The molecule has 0 bridgehead atoms. The van der Waals surface area contributed by atoms with Crippen molar-refractivity contribution >= 4 is 5.65 Å². The molecule has 0 saturated heterocycles. The van der Waals surface area contributed by atoms with E-state index >= 15 is 0 Å². The minimum atomic E-state index is -2.52. The Morgan fingerprint density at radius 3 is 2.79 bits per heavy atom. The SMILES string of the molecule is N#Cc1cnc2ccc(-c3c(-c4cccc(C5CC5)n4)ncn3CC(F)F)cn12. The highest BCUT2D eigenvalue weighted by Crippen LogP contribution is 2.40. The first-order valence-corrected chi connectivity index (χ1v) is 9.32. The van der Waals surface area contributed by atoms with Crippen LogP contribution in [0.25, 0.3) is 28.3 Å². The Kier molecular flexibility index (Phi) is 4.09. The third-order valence-electron chi connectivity index (χ3n) is 5.07. The zero-order valence-corrected chi connectivity index (χ0v) is 15.3. The molecule has 1 saturated carbocycles. The molecular weight excluding hydrogens is 374 g/mol. The maximum atomic E-state index is 13.2. The average Bonchev–Trinajstić information content (AvgIpc) is 3.38. The molecule has 5 rings (SSSR count). The molecule has 1 fully saturated rings. The van der Waals surface area contributed by atoms with Gasteiger partial charge in [0.1, 0.15) is 23.1 Å². The number of alkyl halides is 2. The van der Waals surface area contributed by atoms with Gasteiger partial charge in [-0.25, -0.2) is 18.7 Å². The van der Waals surface area contributed by atoms with Crippen LogP contribution in [0.15, 0.2) is 49.1 Å². The lowest BCUT2D eigenvalue weighted by atomic mass is 10.1. The number of hydrogen-bond donors (Lipinski definition) is 0. The van der Waals surface area contributed by atoms with Gasteiger partial charge in [-0.05, 0) is 37.1 Å². The van der Waals surface area contributed by atoms with Crippen molar-refractivity contribution in [1.82, 2.24) is 23.9 Å². The predicted molar refractivity (Wildman–Crippen MR) is 102 cm³/mol. The van der Waals surface area contributed by atoms with Crippen molar-refractivity contribution in [2.45, 2.75) is 31.7 Å². The Hall–Kier alpha value is -3.60. The second-order valence-corrected chi connectivity index (χ2v) is 7.11. The van der Waals surface area contributed by atoms with Crippen molar-refractivity contribution in [1.29, 1.82) is 5.26 Å². The van der Waals surface area contributed by atoms with Crippen LogP contribution in [0.5, 0.6) is 0 Å². The smallest absolute Gasteiger partial charge is 0.256 e. The molecule has 0 aliphatic heterocycles. The van der Waals surface area contributed by atoms with Crippen molar-refractivity contribution in [2.24, 2.45) is 0 Å². The van der Waals surface area contributed by atoms with Crippen molar-refractivity contribution in [3.05, 3.63) is 60.4 Å². The van der Waals surface area contributed by atoms with Crippen LogP contribution in [0.2, 0.25) is 0 Å². The van der Waals surface area contributed by atoms with Gasteiger partial charge in [0.15, 0.2) is 0 Å². The van der Waals surface area contributed by atoms with Gasteiger partial charge in [-0.3, -0.25) is 9.38 Å². The summed E-state index contributed by atoms with van der Waals surface area (Å²) in [5.41, 5.74) is 4.41. The molecule has 8 heteroatoms. The highest BCUT2D eigenvalue weighted by molar-refractivity contribution is 5.77. The Bertz CT molecular complexity index is 1250. The molecule has 0 N–H and O–H groups in total. The Morgan fingerprint density at radius 1 is 1.17 bits per heavy atom. The van der Waals surface area contributed by atoms with E-state index in [1.165, 1.54) is 17.1 Å². The van der Waals surface area contributed by atoms with Crippen LogP contribution in [0.4, 0.5) is 8.78 Å². The van der Waals surface area contributed by atoms with Gasteiger partial charge in [0.2, 0.25) is 0 Å². The van der Waals surface area contributed by atoms with E-state index in [1.54, 1.807) is 22.7 Å². The second-order valence-electron chi connectivity index (χ2n) is 7.11. The van der Waals surface area contributed by atoms with Crippen molar-refractivity contribution in [3.8, 4) is 28.7 Å². The molecule has 0 aromatic carbocycles. The Morgan fingerprint density at radius 2 is 2.03 bits per heavy atom. The fourth-order valence-electron chi connectivity index (χ4n) is 3.55. The fourth-order valence-corrected chi connectivity index (χ4v) is 3.55. The van der Waals surface area contributed by atoms with Crippen molar-refractivity contribution in [2.75, 3.05) is 0 Å². The van der Waals surface area contributed by atoms with Crippen LogP contribution in [0.1, 0.15) is 30.1 Å². The highest BCUT2D eigenvalue weighted by atomic mass is 19.3. The van der Waals surface area contributed by atoms with E-state index in [9.17, 15) is 14.0 Å². The molecule has 29 heavy (non-hydrogen) atoms. The third-order valence-corrected chi connectivity index (χ3v) is 5.07. The summed E-state index contributed by atoms with van der Waals surface area (Å²) < 4.78 is 29.5. The lowest BCUT2D eigenvalue weighted by molar-refractivity contribution is 0.127. The summed E-state index contributed by atoms with van der Waals surface area (Å²) in [6.45, 7) is -0.474. The predicted octanol–water partition coefficient (Wildman–Crippen LogP) is 4.27. The van der Waals surface area contributed by atoms with Crippen LogP contribution >= 0.6 is 0 Å². The van der Waals surface area contributed by atoms with Gasteiger partial charge in [0, 0.05) is 23.4 Å². The molecule has 0 atom stereocenters. The number of nitrogens with zero attached hydrogens (tertiary/aromatic N) is 6. The zero-order valence-electron chi connectivity index (χ0n) is 15.3. The molecule has 0 unspecified atom stereocenters. The minimum absolute atomic E-state index is 0.372. The summed E-state index contributed by atoms with van der Waals surface area (Å²) in [4.78, 5) is 13.3. The first kappa shape index (κ1) is 17.5. The van der Waals surface area contributed by atoms with Crippen LogP contribution in [-0.4, -0.2) is 30.3 Å². The number of nitriles is 1. The second kappa shape index (κ2) is 6.78. The summed E-state index contributed by atoms with van der Waals surface area (Å²) in [6, 6.07) is 11.4. The molecule has 1 aliphatic carbocycles. The normalized spacial score (nSPS) is 13.9. The van der Waals surface area contributed by atoms with E-state index < -0.39 is 13.0 Å². The molecule has 0 amide bonds. The van der Waals surface area contributed by atoms with Crippen LogP contribution in [-0.2, 0) is 6.54 Å². The quantitative estimate of drug-likeness (QED) is 0.510. The van der Waals surface area contributed by atoms with E-state index in [2.05, 4.69) is 16.0 Å². The van der Waals surface area contributed by atoms with Crippen LogP contribution in [0.3, 0.4) is 0 Å². The van der Waals surface area contributed by atoms with Crippen molar-refractivity contribution < 1.29 is 8.78 Å². The van der Waals surface area contributed by atoms with Gasteiger partial charge in [0.25, 0.3) is 6.43 Å². The standard InChI is InChI=1S/C21H16F2N6/c22-18(23)11-28-12-26-20(17-3-1-2-16(27-17)13-4-5-13)21(28)14-6-7-19-25-9-15(8-24)29(19)10-14/h1-3,6-7,9-10,12-13,18H,4-5,11H2. The van der Waals surface area contributed by atoms with Crippen LogP contribution < -0.4 is 0 Å². The summed E-state index contributed by atoms with van der Waals surface area (Å²) in [5, 5.41) is 9.30. The third kappa shape index (κ3) is 3.14. The Balaban J connectivity index is 1.69. The van der Waals surface area contributed by atoms with Gasteiger partial charge in [-0.15, -0.1) is 0 Å². The number of hydrogen-bond acceptors (Lipinski definition) is 4. The summed E-state index contributed by atoms with van der Waals surface area (Å²) in [6.07, 6.45) is 4.36. The topological polar surface area (TPSA) is 71.8 Å². The summed E-state index contributed by atoms with van der Waals surface area (Å²) in [7, 11) is 0. The molecule has 4 heterocycles. The van der Waals surface area contributed by atoms with Gasteiger partial charge in [-0.2, -0.15) is 5.26 Å². The van der Waals surface area contributed by atoms with Gasteiger partial charge in [0.05, 0.1) is 30.5 Å². The lowest BCUT2D eigenvalue weighted by Gasteiger charge is -2.11. The maximum Gasteiger partial charge on any atom is 0.256 e. The number of pyridine rings is 2. The van der Waals surface area contributed by atoms with Crippen molar-refractivity contribution in [3.63, 3.8) is 0 Å². The largest absolute Gasteiger partial charge is 0.324 e. The van der Waals surface area contributed by atoms with E-state index in [1.807, 2.05) is 18.2 Å². The summed E-state index contributed by atoms with van der Waals surface area (Å²) >= 11 is 0. The Labute approximate surface area is 165 Å². The number of imidazole rings is 2. The number of rotatable bonds is 5. The van der Waals surface area contributed by atoms with Gasteiger partial charge < -0.3 is 4.57 Å². The molecule has 6 nitrogen and oxygen atoms in total. The monoisotopic (exact) mass is 390 g/mol. The van der Waals surface area contributed by atoms with E-state index in [4.69, 9.17) is 4.98 Å².